The van der Waals surface area contributed by atoms with Gasteiger partial charge in [0.25, 0.3) is 11.8 Å². The molecule has 1 aliphatic heterocycles. The number of carbonyl (C=O) groups excluding carboxylic acids is 2. The average Bonchev–Trinajstić information content (AvgIpc) is 2.54. The molecule has 1 aliphatic rings. The number of amides is 2. The summed E-state index contributed by atoms with van der Waals surface area (Å²) in [4.78, 5) is 23.6. The number of benzene rings is 2. The highest BCUT2D eigenvalue weighted by Crippen LogP contribution is 2.28. The zero-order chi connectivity index (χ0) is 16.4. The van der Waals surface area contributed by atoms with Crippen molar-refractivity contribution in [1.29, 1.82) is 0 Å². The monoisotopic (exact) mass is 314 g/mol. The number of anilines is 1. The first-order valence-corrected chi connectivity index (χ1v) is 7.16. The predicted octanol–water partition coefficient (Wildman–Crippen LogP) is 2.65. The lowest BCUT2D eigenvalue weighted by atomic mass is 10.1. The van der Waals surface area contributed by atoms with E-state index in [1.165, 1.54) is 12.1 Å². The lowest BCUT2D eigenvalue weighted by Gasteiger charge is -2.19. The minimum atomic E-state index is -0.481. The van der Waals surface area contributed by atoms with Crippen LogP contribution in [0.15, 0.2) is 42.5 Å². The van der Waals surface area contributed by atoms with Crippen molar-refractivity contribution in [3.05, 3.63) is 59.4 Å². The van der Waals surface area contributed by atoms with Gasteiger partial charge in [-0.1, -0.05) is 18.2 Å². The first-order chi connectivity index (χ1) is 11.0. The summed E-state index contributed by atoms with van der Waals surface area (Å²) in [6, 6.07) is 10.6. The maximum Gasteiger partial charge on any atom is 0.262 e. The van der Waals surface area contributed by atoms with E-state index in [1.807, 2.05) is 0 Å². The molecule has 0 aromatic heterocycles. The number of halogens is 1. The second-order valence-electron chi connectivity index (χ2n) is 5.26. The van der Waals surface area contributed by atoms with E-state index in [-0.39, 0.29) is 24.2 Å². The van der Waals surface area contributed by atoms with E-state index >= 15 is 0 Å². The maximum absolute atomic E-state index is 13.7. The van der Waals surface area contributed by atoms with Crippen LogP contribution in [-0.2, 0) is 4.79 Å². The Bertz CT molecular complexity index is 776. The van der Waals surface area contributed by atoms with Crippen LogP contribution < -0.4 is 15.4 Å². The van der Waals surface area contributed by atoms with E-state index in [4.69, 9.17) is 4.74 Å². The molecular formula is C17H15FN2O3. The van der Waals surface area contributed by atoms with Crippen molar-refractivity contribution in [3.63, 3.8) is 0 Å². The summed E-state index contributed by atoms with van der Waals surface area (Å²) in [5.74, 6) is -0.479. The fraction of sp³-hybridized carbons (Fsp3) is 0.176. The van der Waals surface area contributed by atoms with E-state index in [0.717, 1.165) is 0 Å². The Balaban J connectivity index is 1.77. The molecule has 6 heteroatoms. The van der Waals surface area contributed by atoms with Crippen molar-refractivity contribution >= 4 is 17.5 Å². The van der Waals surface area contributed by atoms with Gasteiger partial charge in [0.1, 0.15) is 11.6 Å². The van der Waals surface area contributed by atoms with Gasteiger partial charge in [-0.2, -0.15) is 0 Å². The van der Waals surface area contributed by atoms with E-state index < -0.39 is 6.04 Å². The van der Waals surface area contributed by atoms with Gasteiger partial charge in [0.15, 0.2) is 6.61 Å². The van der Waals surface area contributed by atoms with Crippen LogP contribution >= 0.6 is 0 Å². The molecule has 2 N–H and O–H groups in total. The molecule has 0 saturated heterocycles. The van der Waals surface area contributed by atoms with Gasteiger partial charge in [-0.15, -0.1) is 0 Å². The number of ether oxygens (including phenoxy) is 1. The number of hydrogen-bond donors (Lipinski definition) is 2. The number of fused-ring (bicyclic) bond motifs is 1. The van der Waals surface area contributed by atoms with Gasteiger partial charge in [0.05, 0.1) is 11.7 Å². The van der Waals surface area contributed by atoms with Crippen LogP contribution in [0.4, 0.5) is 10.1 Å². The molecule has 1 heterocycles. The normalized spacial score (nSPS) is 14.3. The second kappa shape index (κ2) is 6.08. The van der Waals surface area contributed by atoms with Crippen LogP contribution in [0.1, 0.15) is 28.9 Å². The average molecular weight is 314 g/mol. The first kappa shape index (κ1) is 15.0. The van der Waals surface area contributed by atoms with Crippen molar-refractivity contribution in [2.75, 3.05) is 11.9 Å². The fourth-order valence-corrected chi connectivity index (χ4v) is 2.41. The van der Waals surface area contributed by atoms with Crippen molar-refractivity contribution in [2.45, 2.75) is 13.0 Å². The van der Waals surface area contributed by atoms with E-state index in [9.17, 15) is 14.0 Å². The summed E-state index contributed by atoms with van der Waals surface area (Å²) in [5.41, 5.74) is 1.22. The summed E-state index contributed by atoms with van der Waals surface area (Å²) in [5, 5.41) is 5.38. The van der Waals surface area contributed by atoms with Crippen molar-refractivity contribution in [1.82, 2.24) is 5.32 Å². The molecule has 1 unspecified atom stereocenters. The van der Waals surface area contributed by atoms with E-state index in [1.54, 1.807) is 37.3 Å². The molecule has 5 nitrogen and oxygen atoms in total. The van der Waals surface area contributed by atoms with Crippen LogP contribution in [0.5, 0.6) is 5.75 Å². The highest BCUT2D eigenvalue weighted by Gasteiger charge is 2.19. The highest BCUT2D eigenvalue weighted by atomic mass is 19.1. The number of nitrogens with one attached hydrogen (secondary N) is 2. The largest absolute Gasteiger partial charge is 0.482 e. The molecule has 1 atom stereocenters. The number of rotatable bonds is 3. The Morgan fingerprint density at radius 1 is 1.30 bits per heavy atom. The molecule has 0 saturated carbocycles. The zero-order valence-corrected chi connectivity index (χ0v) is 12.4. The van der Waals surface area contributed by atoms with Gasteiger partial charge in [0.2, 0.25) is 0 Å². The van der Waals surface area contributed by atoms with Gasteiger partial charge in [-0.3, -0.25) is 9.59 Å². The van der Waals surface area contributed by atoms with Gasteiger partial charge < -0.3 is 15.4 Å². The minimum absolute atomic E-state index is 0.0388. The molecule has 118 valence electrons. The Kier molecular flexibility index (Phi) is 3.97. The molecule has 0 fully saturated rings. The molecule has 2 amide bonds. The van der Waals surface area contributed by atoms with Crippen LogP contribution in [0.3, 0.4) is 0 Å². The van der Waals surface area contributed by atoms with Crippen LogP contribution in [0, 0.1) is 5.82 Å². The standard InChI is InChI=1S/C17H15FN2O3/c1-10(12-4-2-3-5-13(12)18)19-17(22)11-6-7-15-14(8-11)20-16(21)9-23-15/h2-8,10H,9H2,1H3,(H,19,22)(H,20,21). The summed E-state index contributed by atoms with van der Waals surface area (Å²) in [6.07, 6.45) is 0. The van der Waals surface area contributed by atoms with Gasteiger partial charge in [0, 0.05) is 11.1 Å². The third kappa shape index (κ3) is 3.15. The molecular weight excluding hydrogens is 299 g/mol. The van der Waals surface area contributed by atoms with Gasteiger partial charge in [-0.05, 0) is 31.2 Å². The van der Waals surface area contributed by atoms with Crippen LogP contribution in [0.25, 0.3) is 0 Å². The summed E-state index contributed by atoms with van der Waals surface area (Å²) in [6.45, 7) is 1.67. The molecule has 0 spiro atoms. The Morgan fingerprint density at radius 2 is 2.09 bits per heavy atom. The minimum Gasteiger partial charge on any atom is -0.482 e. The molecule has 2 aromatic rings. The molecule has 0 aliphatic carbocycles. The van der Waals surface area contributed by atoms with Crippen molar-refractivity contribution < 1.29 is 18.7 Å². The fourth-order valence-electron chi connectivity index (χ4n) is 2.41. The Morgan fingerprint density at radius 3 is 2.87 bits per heavy atom. The molecule has 23 heavy (non-hydrogen) atoms. The highest BCUT2D eigenvalue weighted by molar-refractivity contribution is 5.99. The molecule has 2 aromatic carbocycles. The van der Waals surface area contributed by atoms with Crippen LogP contribution in [0.2, 0.25) is 0 Å². The number of carbonyl (C=O) groups is 2. The zero-order valence-electron chi connectivity index (χ0n) is 12.4. The summed E-state index contributed by atoms with van der Waals surface area (Å²) < 4.78 is 19.0. The third-order valence-electron chi connectivity index (χ3n) is 3.59. The lowest BCUT2D eigenvalue weighted by molar-refractivity contribution is -0.118. The quantitative estimate of drug-likeness (QED) is 0.915. The summed E-state index contributed by atoms with van der Waals surface area (Å²) >= 11 is 0. The van der Waals surface area contributed by atoms with Gasteiger partial charge >= 0.3 is 0 Å². The Labute approximate surface area is 132 Å². The SMILES string of the molecule is CC(NC(=O)c1ccc2c(c1)NC(=O)CO2)c1ccccc1F. The topological polar surface area (TPSA) is 67.4 Å². The smallest absolute Gasteiger partial charge is 0.262 e. The second-order valence-corrected chi connectivity index (χ2v) is 5.26. The van der Waals surface area contributed by atoms with E-state index in [0.29, 0.717) is 22.6 Å². The third-order valence-corrected chi connectivity index (χ3v) is 3.59. The predicted molar refractivity (Wildman–Crippen MR) is 82.8 cm³/mol. The van der Waals surface area contributed by atoms with Crippen molar-refractivity contribution in [3.8, 4) is 5.75 Å². The molecule has 0 radical (unpaired) electrons. The summed E-state index contributed by atoms with van der Waals surface area (Å²) in [7, 11) is 0. The molecule has 3 rings (SSSR count). The van der Waals surface area contributed by atoms with E-state index in [2.05, 4.69) is 10.6 Å². The lowest BCUT2D eigenvalue weighted by Crippen LogP contribution is -2.28. The van der Waals surface area contributed by atoms with Gasteiger partial charge in [-0.25, -0.2) is 4.39 Å². The molecule has 0 bridgehead atoms. The maximum atomic E-state index is 13.7. The Hall–Kier alpha value is -2.89. The number of hydrogen-bond acceptors (Lipinski definition) is 3. The van der Waals surface area contributed by atoms with Crippen LogP contribution in [-0.4, -0.2) is 18.4 Å². The van der Waals surface area contributed by atoms with Crippen molar-refractivity contribution in [2.24, 2.45) is 0 Å². The first-order valence-electron chi connectivity index (χ1n) is 7.16.